The third-order valence-corrected chi connectivity index (χ3v) is 4.61. The van der Waals surface area contributed by atoms with Crippen LogP contribution >= 0.6 is 15.9 Å². The lowest BCUT2D eigenvalue weighted by Crippen LogP contribution is -2.43. The highest BCUT2D eigenvalue weighted by molar-refractivity contribution is 9.10. The van der Waals surface area contributed by atoms with Crippen LogP contribution in [0.15, 0.2) is 38.5 Å². The summed E-state index contributed by atoms with van der Waals surface area (Å²) in [6, 6.07) is 7.20. The maximum absolute atomic E-state index is 12.5. The zero-order valence-electron chi connectivity index (χ0n) is 13.5. The van der Waals surface area contributed by atoms with Crippen LogP contribution in [0.4, 0.5) is 5.69 Å². The molecule has 1 N–H and O–H groups in total. The van der Waals surface area contributed by atoms with Crippen LogP contribution in [0.3, 0.4) is 0 Å². The lowest BCUT2D eigenvalue weighted by molar-refractivity contribution is -0.116. The molecule has 3 rings (SSSR count). The number of nitrogens with one attached hydrogen (secondary N) is 1. The second-order valence-corrected chi connectivity index (χ2v) is 6.85. The van der Waals surface area contributed by atoms with Gasteiger partial charge < -0.3 is 5.32 Å². The van der Waals surface area contributed by atoms with Crippen molar-refractivity contribution in [2.45, 2.75) is 32.4 Å². The smallest absolute Gasteiger partial charge is 0.323 e. The van der Waals surface area contributed by atoms with E-state index in [0.29, 0.717) is 10.2 Å². The van der Waals surface area contributed by atoms with E-state index in [-0.39, 0.29) is 11.6 Å². The van der Waals surface area contributed by atoms with E-state index in [9.17, 15) is 14.4 Å². The van der Waals surface area contributed by atoms with Crippen molar-refractivity contribution in [2.75, 3.05) is 5.32 Å². The van der Waals surface area contributed by atoms with E-state index < -0.39 is 23.7 Å². The number of carbonyl (C=O) groups excluding carboxylic acids is 1. The van der Waals surface area contributed by atoms with Gasteiger partial charge in [-0.05, 0) is 53.4 Å². The van der Waals surface area contributed by atoms with Gasteiger partial charge in [0.15, 0.2) is 0 Å². The van der Waals surface area contributed by atoms with Gasteiger partial charge in [0.2, 0.25) is 5.91 Å². The first kappa shape index (κ1) is 17.2. The molecule has 0 aliphatic heterocycles. The van der Waals surface area contributed by atoms with Crippen LogP contribution in [-0.2, 0) is 11.3 Å². The fourth-order valence-electron chi connectivity index (χ4n) is 2.51. The summed E-state index contributed by atoms with van der Waals surface area (Å²) < 4.78 is 2.89. The zero-order valence-corrected chi connectivity index (χ0v) is 15.0. The van der Waals surface area contributed by atoms with Crippen molar-refractivity contribution in [1.29, 1.82) is 5.26 Å². The molecule has 1 aliphatic carbocycles. The number of hydrogen-bond donors (Lipinski definition) is 1. The molecule has 25 heavy (non-hydrogen) atoms. The first-order valence-electron chi connectivity index (χ1n) is 7.73. The van der Waals surface area contributed by atoms with Gasteiger partial charge in [0.05, 0.1) is 5.69 Å². The normalized spacial score (nSPS) is 13.3. The Labute approximate surface area is 151 Å². The van der Waals surface area contributed by atoms with Crippen molar-refractivity contribution < 1.29 is 4.79 Å². The fraction of sp³-hybridized carbons (Fsp3) is 0.294. The molecular formula is C17H15BrN4O3. The average Bonchev–Trinajstić information content (AvgIpc) is 3.39. The van der Waals surface area contributed by atoms with Gasteiger partial charge in [0.25, 0.3) is 5.56 Å². The Kier molecular flexibility index (Phi) is 4.59. The van der Waals surface area contributed by atoms with E-state index in [1.165, 1.54) is 10.8 Å². The summed E-state index contributed by atoms with van der Waals surface area (Å²) in [6.07, 6.45) is 2.93. The van der Waals surface area contributed by atoms with Crippen LogP contribution in [0.25, 0.3) is 0 Å². The number of aromatic nitrogens is 2. The van der Waals surface area contributed by atoms with Crippen molar-refractivity contribution >= 4 is 27.5 Å². The molecule has 1 aliphatic rings. The summed E-state index contributed by atoms with van der Waals surface area (Å²) in [5.41, 5.74) is 0.112. The van der Waals surface area contributed by atoms with E-state index in [2.05, 4.69) is 21.2 Å². The standard InChI is InChI=1S/C17H15BrN4O3/c1-10-2-5-14(13(18)6-10)20-15(23)9-22-16(24)11(7-19)8-21(17(22)25)12-3-4-12/h2,5-6,8,12H,3-4,9H2,1H3,(H,20,23). The van der Waals surface area contributed by atoms with Gasteiger partial charge in [-0.2, -0.15) is 5.26 Å². The number of benzene rings is 1. The van der Waals surface area contributed by atoms with E-state index in [0.717, 1.165) is 23.0 Å². The number of nitrogens with zero attached hydrogens (tertiary/aromatic N) is 3. The predicted molar refractivity (Wildman–Crippen MR) is 95.5 cm³/mol. The molecule has 0 radical (unpaired) electrons. The molecular weight excluding hydrogens is 388 g/mol. The summed E-state index contributed by atoms with van der Waals surface area (Å²) in [5.74, 6) is -0.513. The third-order valence-electron chi connectivity index (χ3n) is 3.96. The first-order chi connectivity index (χ1) is 11.9. The predicted octanol–water partition coefficient (Wildman–Crippen LogP) is 1.93. The SMILES string of the molecule is Cc1ccc(NC(=O)Cn2c(=O)c(C#N)cn(C3CC3)c2=O)c(Br)c1. The molecule has 1 saturated carbocycles. The van der Waals surface area contributed by atoms with Crippen LogP contribution in [0.1, 0.15) is 30.0 Å². The van der Waals surface area contributed by atoms with Crippen molar-refractivity contribution in [3.63, 3.8) is 0 Å². The van der Waals surface area contributed by atoms with Gasteiger partial charge in [-0.3, -0.25) is 14.2 Å². The monoisotopic (exact) mass is 402 g/mol. The van der Waals surface area contributed by atoms with E-state index in [4.69, 9.17) is 5.26 Å². The second kappa shape index (κ2) is 6.69. The summed E-state index contributed by atoms with van der Waals surface area (Å²) >= 11 is 3.36. The van der Waals surface area contributed by atoms with Crippen molar-refractivity contribution in [3.8, 4) is 6.07 Å². The van der Waals surface area contributed by atoms with Crippen LogP contribution in [0.2, 0.25) is 0 Å². The summed E-state index contributed by atoms with van der Waals surface area (Å²) in [7, 11) is 0. The molecule has 0 saturated heterocycles. The van der Waals surface area contributed by atoms with Gasteiger partial charge in [-0.25, -0.2) is 9.36 Å². The van der Waals surface area contributed by atoms with Crippen LogP contribution < -0.4 is 16.6 Å². The van der Waals surface area contributed by atoms with E-state index >= 15 is 0 Å². The third kappa shape index (κ3) is 3.56. The topological polar surface area (TPSA) is 96.9 Å². The van der Waals surface area contributed by atoms with Crippen molar-refractivity contribution in [1.82, 2.24) is 9.13 Å². The quantitative estimate of drug-likeness (QED) is 0.844. The molecule has 0 unspecified atom stereocenters. The molecule has 0 atom stereocenters. The molecule has 7 nitrogen and oxygen atoms in total. The highest BCUT2D eigenvalue weighted by atomic mass is 79.9. The molecule has 2 aromatic rings. The Morgan fingerprint density at radius 3 is 2.72 bits per heavy atom. The molecule has 1 fully saturated rings. The van der Waals surface area contributed by atoms with Gasteiger partial charge in [-0.1, -0.05) is 6.07 Å². The molecule has 1 amide bonds. The maximum atomic E-state index is 12.5. The highest BCUT2D eigenvalue weighted by Crippen LogP contribution is 2.33. The second-order valence-electron chi connectivity index (χ2n) is 6.00. The molecule has 1 aromatic heterocycles. The molecule has 8 heteroatoms. The molecule has 1 heterocycles. The molecule has 0 spiro atoms. The van der Waals surface area contributed by atoms with E-state index in [1.54, 1.807) is 12.1 Å². The summed E-state index contributed by atoms with van der Waals surface area (Å²) in [6.45, 7) is 1.48. The van der Waals surface area contributed by atoms with Gasteiger partial charge in [0.1, 0.15) is 18.2 Å². The van der Waals surface area contributed by atoms with Crippen LogP contribution in [0.5, 0.6) is 0 Å². The number of nitriles is 1. The fourth-order valence-corrected chi connectivity index (χ4v) is 3.10. The minimum atomic E-state index is -0.748. The Morgan fingerprint density at radius 1 is 1.40 bits per heavy atom. The number of aryl methyl sites for hydroxylation is 1. The number of halogens is 1. The maximum Gasteiger partial charge on any atom is 0.331 e. The zero-order chi connectivity index (χ0) is 18.1. The number of anilines is 1. The minimum Gasteiger partial charge on any atom is -0.323 e. The highest BCUT2D eigenvalue weighted by Gasteiger charge is 2.27. The van der Waals surface area contributed by atoms with Crippen LogP contribution in [-0.4, -0.2) is 15.0 Å². The molecule has 1 aromatic carbocycles. The number of carbonyl (C=O) groups is 1. The van der Waals surface area contributed by atoms with E-state index in [1.807, 2.05) is 19.1 Å². The Balaban J connectivity index is 1.91. The lowest BCUT2D eigenvalue weighted by atomic mass is 10.2. The van der Waals surface area contributed by atoms with Gasteiger partial charge >= 0.3 is 5.69 Å². The summed E-state index contributed by atoms with van der Waals surface area (Å²) in [5, 5.41) is 11.8. The Hall–Kier alpha value is -2.66. The Morgan fingerprint density at radius 2 is 2.12 bits per heavy atom. The van der Waals surface area contributed by atoms with Gasteiger partial charge in [-0.15, -0.1) is 0 Å². The first-order valence-corrected chi connectivity index (χ1v) is 8.52. The van der Waals surface area contributed by atoms with Crippen LogP contribution in [0, 0.1) is 18.3 Å². The Bertz CT molecular complexity index is 1010. The van der Waals surface area contributed by atoms with Gasteiger partial charge in [0, 0.05) is 16.7 Å². The largest absolute Gasteiger partial charge is 0.331 e. The minimum absolute atomic E-state index is 0.000698. The number of amides is 1. The number of hydrogen-bond acceptors (Lipinski definition) is 4. The number of rotatable bonds is 4. The molecule has 0 bridgehead atoms. The lowest BCUT2D eigenvalue weighted by Gasteiger charge is -2.11. The van der Waals surface area contributed by atoms with Crippen molar-refractivity contribution in [3.05, 3.63) is 60.8 Å². The average molecular weight is 403 g/mol. The summed E-state index contributed by atoms with van der Waals surface area (Å²) in [4.78, 5) is 37.0. The van der Waals surface area contributed by atoms with Crippen molar-refractivity contribution in [2.24, 2.45) is 0 Å². The molecule has 128 valence electrons.